The van der Waals surface area contributed by atoms with E-state index in [1.807, 2.05) is 0 Å². The van der Waals surface area contributed by atoms with Gasteiger partial charge in [0.1, 0.15) is 0 Å². The highest BCUT2D eigenvalue weighted by Gasteiger charge is 2.31. The predicted molar refractivity (Wildman–Crippen MR) is 80.3 cm³/mol. The van der Waals surface area contributed by atoms with Crippen molar-refractivity contribution in [2.75, 3.05) is 0 Å². The predicted octanol–water partition coefficient (Wildman–Crippen LogP) is 6.30. The van der Waals surface area contributed by atoms with Crippen LogP contribution in [0.4, 0.5) is 0 Å². The van der Waals surface area contributed by atoms with E-state index in [0.29, 0.717) is 16.2 Å². The summed E-state index contributed by atoms with van der Waals surface area (Å²) >= 11 is 0. The van der Waals surface area contributed by atoms with Crippen molar-refractivity contribution in [2.45, 2.75) is 88.0 Å². The summed E-state index contributed by atoms with van der Waals surface area (Å²) in [5.41, 5.74) is 1.38. The lowest BCUT2D eigenvalue weighted by atomic mass is 9.66. The Morgan fingerprint density at radius 1 is 0.706 bits per heavy atom. The second-order valence-electron chi connectivity index (χ2n) is 9.18. The van der Waals surface area contributed by atoms with E-state index in [2.05, 4.69) is 62.3 Å². The van der Waals surface area contributed by atoms with Gasteiger partial charge in [-0.1, -0.05) is 68.7 Å². The normalized spacial score (nSPS) is 14.5. The van der Waals surface area contributed by atoms with Crippen molar-refractivity contribution in [2.24, 2.45) is 22.2 Å². The van der Waals surface area contributed by atoms with Gasteiger partial charge in [0.25, 0.3) is 0 Å². The summed E-state index contributed by atoms with van der Waals surface area (Å²) in [5.74, 6) is 0.833. The third-order valence-electron chi connectivity index (χ3n) is 3.36. The van der Waals surface area contributed by atoms with Crippen LogP contribution in [0.3, 0.4) is 0 Å². The van der Waals surface area contributed by atoms with E-state index in [1.54, 1.807) is 0 Å². The first-order chi connectivity index (χ1) is 7.33. The van der Waals surface area contributed by atoms with Gasteiger partial charge in [-0.05, 0) is 41.4 Å². The van der Waals surface area contributed by atoms with Crippen LogP contribution >= 0.6 is 0 Å². The standard InChI is InChI=1S/C17H36/c1-14(2)10-11-16(6,7)13-17(8,9)12-15(3,4)5/h14H,10-13H2,1-9H3. The zero-order chi connectivity index (χ0) is 13.9. The fourth-order valence-electron chi connectivity index (χ4n) is 3.56. The van der Waals surface area contributed by atoms with E-state index in [1.165, 1.54) is 25.7 Å². The molecule has 0 rings (SSSR count). The molecule has 0 fully saturated rings. The van der Waals surface area contributed by atoms with Crippen LogP contribution in [0, 0.1) is 22.2 Å². The molecule has 0 N–H and O–H groups in total. The minimum absolute atomic E-state index is 0.442. The summed E-state index contributed by atoms with van der Waals surface area (Å²) < 4.78 is 0. The van der Waals surface area contributed by atoms with E-state index in [0.717, 1.165) is 5.92 Å². The van der Waals surface area contributed by atoms with Crippen LogP contribution in [0.15, 0.2) is 0 Å². The molecule has 0 aromatic heterocycles. The van der Waals surface area contributed by atoms with Crippen molar-refractivity contribution < 1.29 is 0 Å². The maximum atomic E-state index is 2.44. The number of hydrogen-bond donors (Lipinski definition) is 0. The fraction of sp³-hybridized carbons (Fsp3) is 1.00. The molecule has 0 heteroatoms. The molecule has 0 amide bonds. The zero-order valence-corrected chi connectivity index (χ0v) is 13.9. The molecular formula is C17H36. The molecule has 17 heavy (non-hydrogen) atoms. The summed E-state index contributed by atoms with van der Waals surface area (Å²) in [6.07, 6.45) is 5.37. The Morgan fingerprint density at radius 2 is 1.18 bits per heavy atom. The molecule has 0 aliphatic carbocycles. The Kier molecular flexibility index (Phi) is 5.76. The van der Waals surface area contributed by atoms with E-state index in [4.69, 9.17) is 0 Å². The van der Waals surface area contributed by atoms with Crippen LogP contribution in [-0.2, 0) is 0 Å². The summed E-state index contributed by atoms with van der Waals surface area (Å²) in [5, 5.41) is 0. The van der Waals surface area contributed by atoms with Crippen LogP contribution in [0.25, 0.3) is 0 Å². The van der Waals surface area contributed by atoms with Gasteiger partial charge < -0.3 is 0 Å². The Labute approximate surface area is 111 Å². The highest BCUT2D eigenvalue weighted by molar-refractivity contribution is 4.83. The first kappa shape index (κ1) is 17.0. The molecule has 104 valence electrons. The number of rotatable bonds is 6. The molecule has 0 bridgehead atoms. The van der Waals surface area contributed by atoms with Gasteiger partial charge in [0.2, 0.25) is 0 Å². The SMILES string of the molecule is CC(C)CCC(C)(C)CC(C)(C)CC(C)(C)C. The maximum absolute atomic E-state index is 2.44. The third kappa shape index (κ3) is 9.68. The number of hydrogen-bond acceptors (Lipinski definition) is 0. The molecule has 0 aromatic rings. The van der Waals surface area contributed by atoms with E-state index < -0.39 is 0 Å². The van der Waals surface area contributed by atoms with Crippen LogP contribution < -0.4 is 0 Å². The second kappa shape index (κ2) is 5.76. The van der Waals surface area contributed by atoms with E-state index in [9.17, 15) is 0 Å². The maximum Gasteiger partial charge on any atom is -0.0344 e. The molecule has 0 unspecified atom stereocenters. The molecule has 0 heterocycles. The second-order valence-corrected chi connectivity index (χ2v) is 9.18. The molecule has 0 nitrogen and oxygen atoms in total. The van der Waals surface area contributed by atoms with Crippen molar-refractivity contribution in [3.05, 3.63) is 0 Å². The molecular weight excluding hydrogens is 204 g/mol. The fourth-order valence-corrected chi connectivity index (χ4v) is 3.56. The lowest BCUT2D eigenvalue weighted by Gasteiger charge is -2.39. The van der Waals surface area contributed by atoms with Gasteiger partial charge in [0.05, 0.1) is 0 Å². The Bertz CT molecular complexity index is 213. The van der Waals surface area contributed by atoms with E-state index >= 15 is 0 Å². The molecule has 0 aliphatic rings. The largest absolute Gasteiger partial charge is 0.0628 e. The van der Waals surface area contributed by atoms with Crippen molar-refractivity contribution in [1.82, 2.24) is 0 Å². The van der Waals surface area contributed by atoms with Gasteiger partial charge >= 0.3 is 0 Å². The lowest BCUT2D eigenvalue weighted by molar-refractivity contribution is 0.123. The van der Waals surface area contributed by atoms with E-state index in [-0.39, 0.29) is 0 Å². The lowest BCUT2D eigenvalue weighted by Crippen LogP contribution is -2.27. The monoisotopic (exact) mass is 240 g/mol. The van der Waals surface area contributed by atoms with Crippen LogP contribution in [0.5, 0.6) is 0 Å². The molecule has 0 radical (unpaired) electrons. The average Bonchev–Trinajstić information content (AvgIpc) is 1.93. The summed E-state index contributed by atoms with van der Waals surface area (Å²) in [6.45, 7) is 21.5. The van der Waals surface area contributed by atoms with Crippen molar-refractivity contribution >= 4 is 0 Å². The molecule has 0 saturated heterocycles. The Balaban J connectivity index is 4.37. The Morgan fingerprint density at radius 3 is 1.53 bits per heavy atom. The summed E-state index contributed by atoms with van der Waals surface area (Å²) in [6, 6.07) is 0. The first-order valence-corrected chi connectivity index (χ1v) is 7.33. The van der Waals surface area contributed by atoms with Crippen LogP contribution in [0.2, 0.25) is 0 Å². The van der Waals surface area contributed by atoms with Gasteiger partial charge in [-0.2, -0.15) is 0 Å². The quantitative estimate of drug-likeness (QED) is 0.511. The van der Waals surface area contributed by atoms with Gasteiger partial charge in [-0.15, -0.1) is 0 Å². The highest BCUT2D eigenvalue weighted by atomic mass is 14.4. The van der Waals surface area contributed by atoms with Gasteiger partial charge in [-0.3, -0.25) is 0 Å². The zero-order valence-electron chi connectivity index (χ0n) is 13.9. The molecule has 0 aromatic carbocycles. The summed E-state index contributed by atoms with van der Waals surface area (Å²) in [7, 11) is 0. The molecule has 0 saturated carbocycles. The minimum Gasteiger partial charge on any atom is -0.0628 e. The molecule has 0 aliphatic heterocycles. The first-order valence-electron chi connectivity index (χ1n) is 7.33. The van der Waals surface area contributed by atoms with Crippen LogP contribution in [0.1, 0.15) is 88.0 Å². The molecule has 0 spiro atoms. The third-order valence-corrected chi connectivity index (χ3v) is 3.36. The topological polar surface area (TPSA) is 0 Å². The van der Waals surface area contributed by atoms with Crippen LogP contribution in [-0.4, -0.2) is 0 Å². The Hall–Kier alpha value is 0. The van der Waals surface area contributed by atoms with Gasteiger partial charge in [0, 0.05) is 0 Å². The average molecular weight is 240 g/mol. The van der Waals surface area contributed by atoms with Gasteiger partial charge in [-0.25, -0.2) is 0 Å². The smallest absolute Gasteiger partial charge is 0.0344 e. The molecule has 0 atom stereocenters. The summed E-state index contributed by atoms with van der Waals surface area (Å²) in [4.78, 5) is 0. The minimum atomic E-state index is 0.442. The highest BCUT2D eigenvalue weighted by Crippen LogP contribution is 2.43. The van der Waals surface area contributed by atoms with Crippen molar-refractivity contribution in [3.63, 3.8) is 0 Å². The van der Waals surface area contributed by atoms with Crippen molar-refractivity contribution in [1.29, 1.82) is 0 Å². The van der Waals surface area contributed by atoms with Gasteiger partial charge in [0.15, 0.2) is 0 Å². The van der Waals surface area contributed by atoms with Crippen molar-refractivity contribution in [3.8, 4) is 0 Å².